The van der Waals surface area contributed by atoms with Crippen LogP contribution in [0.5, 0.6) is 5.88 Å². The second-order valence-corrected chi connectivity index (χ2v) is 16.8. The number of morpholine rings is 1. The molecule has 13 nitrogen and oxygen atoms in total. The van der Waals surface area contributed by atoms with Gasteiger partial charge in [-0.2, -0.15) is 4.98 Å². The highest BCUT2D eigenvalue weighted by Crippen LogP contribution is 2.35. The normalized spacial score (nSPS) is 14.3. The number of carboxylic acid groups (broad SMARTS) is 1. The van der Waals surface area contributed by atoms with Gasteiger partial charge in [-0.3, -0.25) is 0 Å². The van der Waals surface area contributed by atoms with Gasteiger partial charge in [-0.15, -0.1) is 0 Å². The van der Waals surface area contributed by atoms with Gasteiger partial charge < -0.3 is 24.8 Å². The smallest absolute Gasteiger partial charge is 0.335 e. The predicted octanol–water partition coefficient (Wildman–Crippen LogP) is 6.06. The number of aryl methyl sites for hydroxylation is 1. The number of hydrogen-bond acceptors (Lipinski definition) is 11. The molecule has 2 aromatic heterocycles. The maximum absolute atomic E-state index is 13.6. The monoisotopic (exact) mass is 745 g/mol. The number of nitrogens with one attached hydrogen (secondary N) is 2. The molecule has 1 aliphatic heterocycles. The van der Waals surface area contributed by atoms with E-state index in [4.69, 9.17) is 14.5 Å². The second kappa shape index (κ2) is 17.0. The summed E-state index contributed by atoms with van der Waals surface area (Å²) < 4.78 is 41.6. The van der Waals surface area contributed by atoms with Crippen LogP contribution in [0.25, 0.3) is 11.3 Å². The van der Waals surface area contributed by atoms with Gasteiger partial charge in [0.1, 0.15) is 12.4 Å². The van der Waals surface area contributed by atoms with Crippen molar-refractivity contribution in [2.75, 3.05) is 42.5 Å². The lowest BCUT2D eigenvalue weighted by atomic mass is 9.88. The average molecular weight is 746 g/mol. The van der Waals surface area contributed by atoms with E-state index in [1.54, 1.807) is 0 Å². The van der Waals surface area contributed by atoms with E-state index in [1.165, 1.54) is 18.2 Å². The molecule has 5 rings (SSSR count). The summed E-state index contributed by atoms with van der Waals surface area (Å²) in [5.74, 6) is -0.176. The quantitative estimate of drug-likeness (QED) is 0.129. The average Bonchev–Trinajstić information content (AvgIpc) is 3.10. The summed E-state index contributed by atoms with van der Waals surface area (Å²) in [7, 11) is -4.27. The van der Waals surface area contributed by atoms with Crippen LogP contribution in [0.1, 0.15) is 73.9 Å². The van der Waals surface area contributed by atoms with Crippen LogP contribution >= 0.6 is 0 Å². The lowest BCUT2D eigenvalue weighted by Gasteiger charge is -2.28. The molecule has 0 spiro atoms. The molecule has 3 heterocycles. The summed E-state index contributed by atoms with van der Waals surface area (Å²) >= 11 is 0. The Labute approximate surface area is 312 Å². The van der Waals surface area contributed by atoms with E-state index in [0.717, 1.165) is 54.4 Å². The van der Waals surface area contributed by atoms with Gasteiger partial charge in [0.15, 0.2) is 0 Å². The number of nitrogens with zero attached hydrogens (tertiary/aromatic N) is 5. The molecule has 3 N–H and O–H groups in total. The summed E-state index contributed by atoms with van der Waals surface area (Å²) in [5, 5.41) is 13.0. The topological polar surface area (TPSA) is 169 Å². The Morgan fingerprint density at radius 2 is 1.74 bits per heavy atom. The number of carbonyl (C=O) groups is 1. The molecule has 1 saturated heterocycles. The lowest BCUT2D eigenvalue weighted by Crippen LogP contribution is -2.38. The van der Waals surface area contributed by atoms with Crippen molar-refractivity contribution in [3.8, 4) is 17.1 Å². The maximum Gasteiger partial charge on any atom is 0.335 e. The molecule has 0 bridgehead atoms. The maximum atomic E-state index is 13.6. The standard InChI is InChI=1S/C39H51N7O6S/c1-25(2)18-28-11-8-10-26(3)34(28)35-27(4)36(44-38(43-35)45-53(49,50)32-13-9-12-29(19-32)37(47)48)52-24-30(20-39(5,6)7)40-23-33-41-21-31(22-42-33)46-14-16-51-17-15-46/h8-13,19,21-22,25,30,40H,14-18,20,23-24H2,1-7H3,(H,47,48)(H,43,44,45)/t30-/m1/s1. The number of sulfonamides is 1. The van der Waals surface area contributed by atoms with Gasteiger partial charge in [-0.1, -0.05) is 58.9 Å². The van der Waals surface area contributed by atoms with E-state index in [0.29, 0.717) is 42.8 Å². The van der Waals surface area contributed by atoms with E-state index in [2.05, 4.69) is 70.6 Å². The van der Waals surface area contributed by atoms with Gasteiger partial charge in [-0.05, 0) is 67.3 Å². The van der Waals surface area contributed by atoms with Crippen LogP contribution < -0.4 is 19.7 Å². The van der Waals surface area contributed by atoms with E-state index < -0.39 is 16.0 Å². The first-order valence-corrected chi connectivity index (χ1v) is 19.4. The van der Waals surface area contributed by atoms with E-state index >= 15 is 0 Å². The molecule has 284 valence electrons. The number of aromatic carboxylic acids is 1. The third-order valence-electron chi connectivity index (χ3n) is 8.84. The largest absolute Gasteiger partial charge is 0.478 e. The van der Waals surface area contributed by atoms with Crippen molar-refractivity contribution < 1.29 is 27.8 Å². The first kappa shape index (κ1) is 39.5. The highest BCUT2D eigenvalue weighted by Gasteiger charge is 2.25. The van der Waals surface area contributed by atoms with Crippen LogP contribution in [-0.2, 0) is 27.7 Å². The highest BCUT2D eigenvalue weighted by atomic mass is 32.2. The molecule has 0 saturated carbocycles. The Morgan fingerprint density at radius 3 is 2.40 bits per heavy atom. The zero-order chi connectivity index (χ0) is 38.3. The minimum atomic E-state index is -4.27. The number of benzene rings is 2. The van der Waals surface area contributed by atoms with Gasteiger partial charge in [-0.25, -0.2) is 32.9 Å². The summed E-state index contributed by atoms with van der Waals surface area (Å²) in [4.78, 5) is 32.1. The molecular weight excluding hydrogens is 695 g/mol. The summed E-state index contributed by atoms with van der Waals surface area (Å²) in [6, 6.07) is 11.1. The van der Waals surface area contributed by atoms with Crippen LogP contribution in [0.3, 0.4) is 0 Å². The molecule has 14 heteroatoms. The minimum Gasteiger partial charge on any atom is -0.478 e. The molecule has 1 atom stereocenters. The zero-order valence-corrected chi connectivity index (χ0v) is 32.5. The van der Waals surface area contributed by atoms with Crippen molar-refractivity contribution in [2.45, 2.75) is 78.8 Å². The fourth-order valence-corrected chi connectivity index (χ4v) is 7.34. The van der Waals surface area contributed by atoms with Crippen LogP contribution in [0.15, 0.2) is 59.8 Å². The second-order valence-electron chi connectivity index (χ2n) is 15.1. The Balaban J connectivity index is 1.46. The number of hydrogen-bond donors (Lipinski definition) is 3. The van der Waals surface area contributed by atoms with E-state index in [1.807, 2.05) is 38.4 Å². The predicted molar refractivity (Wildman–Crippen MR) is 205 cm³/mol. The van der Waals surface area contributed by atoms with Gasteiger partial charge in [0.25, 0.3) is 10.0 Å². The fourth-order valence-electron chi connectivity index (χ4n) is 6.35. The molecule has 1 aliphatic rings. The lowest BCUT2D eigenvalue weighted by molar-refractivity contribution is 0.0696. The van der Waals surface area contributed by atoms with Crippen LogP contribution in [0.2, 0.25) is 0 Å². The number of carboxylic acids is 1. The van der Waals surface area contributed by atoms with Gasteiger partial charge >= 0.3 is 5.97 Å². The van der Waals surface area contributed by atoms with Gasteiger partial charge in [0, 0.05) is 30.3 Å². The molecule has 0 radical (unpaired) electrons. The number of aromatic nitrogens is 4. The molecule has 0 aliphatic carbocycles. The third-order valence-corrected chi connectivity index (χ3v) is 10.2. The van der Waals surface area contributed by atoms with Crippen LogP contribution in [-0.4, -0.2) is 78.4 Å². The minimum absolute atomic E-state index is 0.0495. The Hall–Kier alpha value is -4.66. The molecule has 53 heavy (non-hydrogen) atoms. The van der Waals surface area contributed by atoms with Crippen LogP contribution in [0.4, 0.5) is 11.6 Å². The number of rotatable bonds is 15. The SMILES string of the molecule is Cc1cccc(CC(C)C)c1-c1nc(NS(=O)(=O)c2cccc(C(=O)O)c2)nc(OC[C@@H](CC(C)(C)C)NCc2ncc(N3CCOCC3)cn2)c1C. The first-order valence-electron chi connectivity index (χ1n) is 17.9. The van der Waals surface area contributed by atoms with Crippen LogP contribution in [0, 0.1) is 25.2 Å². The third kappa shape index (κ3) is 10.7. The van der Waals surface area contributed by atoms with Gasteiger partial charge in [0.05, 0.1) is 54.0 Å². The van der Waals surface area contributed by atoms with E-state index in [-0.39, 0.29) is 40.4 Å². The van der Waals surface area contributed by atoms with Crippen molar-refractivity contribution in [3.05, 3.63) is 82.9 Å². The molecular formula is C39H51N7O6S. The summed E-state index contributed by atoms with van der Waals surface area (Å²) in [6.45, 7) is 18.3. The highest BCUT2D eigenvalue weighted by molar-refractivity contribution is 7.92. The van der Waals surface area contributed by atoms with E-state index in [9.17, 15) is 18.3 Å². The Kier molecular flexibility index (Phi) is 12.7. The van der Waals surface area contributed by atoms with Crippen molar-refractivity contribution in [3.63, 3.8) is 0 Å². The molecule has 0 unspecified atom stereocenters. The molecule has 0 amide bonds. The van der Waals surface area contributed by atoms with Crippen molar-refractivity contribution in [1.82, 2.24) is 25.3 Å². The molecule has 1 fully saturated rings. The first-order chi connectivity index (χ1) is 25.1. The summed E-state index contributed by atoms with van der Waals surface area (Å²) in [5.41, 5.74) is 4.91. The zero-order valence-electron chi connectivity index (χ0n) is 31.6. The van der Waals surface area contributed by atoms with Crippen molar-refractivity contribution in [1.29, 1.82) is 0 Å². The Bertz CT molecular complexity index is 1990. The fraction of sp³-hybridized carbons (Fsp3) is 0.462. The van der Waals surface area contributed by atoms with Crippen molar-refractivity contribution >= 4 is 27.6 Å². The molecule has 2 aromatic carbocycles. The summed E-state index contributed by atoms with van der Waals surface area (Å²) in [6.07, 6.45) is 5.23. The molecule has 4 aromatic rings. The van der Waals surface area contributed by atoms with Crippen molar-refractivity contribution in [2.24, 2.45) is 11.3 Å². The number of ether oxygens (including phenoxy) is 2. The Morgan fingerprint density at radius 1 is 1.04 bits per heavy atom. The van der Waals surface area contributed by atoms with Gasteiger partial charge in [0.2, 0.25) is 11.8 Å². The number of anilines is 2.